The second-order valence-electron chi connectivity index (χ2n) is 5.18. The molecule has 0 spiro atoms. The summed E-state index contributed by atoms with van der Waals surface area (Å²) in [5.74, 6) is 0.391. The smallest absolute Gasteiger partial charge is 0.227 e. The molecule has 2 unspecified atom stereocenters. The first-order valence-corrected chi connectivity index (χ1v) is 7.95. The zero-order chi connectivity index (χ0) is 13.8. The maximum atomic E-state index is 12.4. The molecule has 1 heterocycles. The fourth-order valence-corrected chi connectivity index (χ4v) is 2.97. The van der Waals surface area contributed by atoms with Crippen molar-refractivity contribution in [3.63, 3.8) is 0 Å². The van der Waals surface area contributed by atoms with Crippen LogP contribution in [0.5, 0.6) is 0 Å². The summed E-state index contributed by atoms with van der Waals surface area (Å²) in [6, 6.07) is 8.72. The molecule has 0 bridgehead atoms. The van der Waals surface area contributed by atoms with Crippen LogP contribution in [0.4, 0.5) is 0 Å². The Balaban J connectivity index is 1.95. The van der Waals surface area contributed by atoms with Gasteiger partial charge < -0.3 is 10.2 Å². The lowest BCUT2D eigenvalue weighted by Gasteiger charge is -2.23. The van der Waals surface area contributed by atoms with Gasteiger partial charge in [0.15, 0.2) is 0 Å². The fourth-order valence-electron chi connectivity index (χ4n) is 2.56. The highest BCUT2D eigenvalue weighted by molar-refractivity contribution is 7.98. The van der Waals surface area contributed by atoms with Crippen molar-refractivity contribution in [1.29, 1.82) is 0 Å². The van der Waals surface area contributed by atoms with Crippen LogP contribution in [0.2, 0.25) is 0 Å². The summed E-state index contributed by atoms with van der Waals surface area (Å²) >= 11 is 1.73. The van der Waals surface area contributed by atoms with Gasteiger partial charge in [-0.2, -0.15) is 0 Å². The molecule has 1 fully saturated rings. The number of hydrogen-bond donors (Lipinski definition) is 1. The summed E-state index contributed by atoms with van der Waals surface area (Å²) in [6.45, 7) is 3.74. The van der Waals surface area contributed by atoms with Gasteiger partial charge in [0.25, 0.3) is 0 Å². The molecule has 2 rings (SSSR count). The second-order valence-corrected chi connectivity index (χ2v) is 6.06. The van der Waals surface area contributed by atoms with E-state index in [0.717, 1.165) is 13.0 Å². The van der Waals surface area contributed by atoms with E-state index in [0.29, 0.717) is 12.6 Å². The first kappa shape index (κ1) is 14.4. The highest BCUT2D eigenvalue weighted by atomic mass is 32.2. The summed E-state index contributed by atoms with van der Waals surface area (Å²) in [5, 5.41) is 3.33. The van der Waals surface area contributed by atoms with E-state index in [-0.39, 0.29) is 11.8 Å². The fraction of sp³-hybridized carbons (Fsp3) is 0.533. The van der Waals surface area contributed by atoms with Crippen molar-refractivity contribution in [2.75, 3.05) is 19.8 Å². The van der Waals surface area contributed by atoms with E-state index in [2.05, 4.69) is 42.8 Å². The molecule has 0 saturated carbocycles. The number of amides is 1. The lowest BCUT2D eigenvalue weighted by molar-refractivity contribution is -0.134. The van der Waals surface area contributed by atoms with Gasteiger partial charge in [0.1, 0.15) is 0 Å². The highest BCUT2D eigenvalue weighted by Gasteiger charge is 2.31. The van der Waals surface area contributed by atoms with Gasteiger partial charge in [-0.15, -0.1) is 11.8 Å². The number of hydrogen-bond acceptors (Lipinski definition) is 3. The van der Waals surface area contributed by atoms with Crippen LogP contribution in [0.1, 0.15) is 18.9 Å². The SMILES string of the molecule is CSc1ccc(CN(C)C(=O)C2CCNC2C)cc1. The Hall–Kier alpha value is -1.00. The summed E-state index contributed by atoms with van der Waals surface area (Å²) in [4.78, 5) is 15.5. The predicted molar refractivity (Wildman–Crippen MR) is 80.3 cm³/mol. The average molecular weight is 278 g/mol. The van der Waals surface area contributed by atoms with Crippen LogP contribution in [0.3, 0.4) is 0 Å². The van der Waals surface area contributed by atoms with Gasteiger partial charge in [-0.05, 0) is 43.8 Å². The topological polar surface area (TPSA) is 32.3 Å². The molecule has 2 atom stereocenters. The zero-order valence-electron chi connectivity index (χ0n) is 11.8. The molecule has 104 valence electrons. The number of carbonyl (C=O) groups excluding carboxylic acids is 1. The molecule has 1 aromatic carbocycles. The quantitative estimate of drug-likeness (QED) is 0.858. The minimum Gasteiger partial charge on any atom is -0.341 e. The molecule has 1 N–H and O–H groups in total. The van der Waals surface area contributed by atoms with E-state index < -0.39 is 0 Å². The van der Waals surface area contributed by atoms with Crippen LogP contribution in [-0.2, 0) is 11.3 Å². The molecule has 0 aromatic heterocycles. The molecule has 1 aliphatic rings. The zero-order valence-corrected chi connectivity index (χ0v) is 12.7. The van der Waals surface area contributed by atoms with E-state index in [4.69, 9.17) is 0 Å². The Bertz CT molecular complexity index is 432. The second kappa shape index (κ2) is 6.44. The Morgan fingerprint density at radius 1 is 1.42 bits per heavy atom. The van der Waals surface area contributed by atoms with Gasteiger partial charge in [0, 0.05) is 24.5 Å². The summed E-state index contributed by atoms with van der Waals surface area (Å²) in [6.07, 6.45) is 3.02. The number of benzene rings is 1. The normalized spacial score (nSPS) is 22.5. The molecule has 0 radical (unpaired) electrons. The van der Waals surface area contributed by atoms with Gasteiger partial charge in [-0.1, -0.05) is 12.1 Å². The third-order valence-electron chi connectivity index (χ3n) is 3.80. The molecular weight excluding hydrogens is 256 g/mol. The Morgan fingerprint density at radius 2 is 2.11 bits per heavy atom. The van der Waals surface area contributed by atoms with Crippen LogP contribution in [-0.4, -0.2) is 36.7 Å². The van der Waals surface area contributed by atoms with Crippen LogP contribution < -0.4 is 5.32 Å². The lowest BCUT2D eigenvalue weighted by Crippen LogP contribution is -2.37. The minimum atomic E-state index is 0.135. The highest BCUT2D eigenvalue weighted by Crippen LogP contribution is 2.20. The number of carbonyl (C=O) groups is 1. The van der Waals surface area contributed by atoms with Crippen molar-refractivity contribution in [2.24, 2.45) is 5.92 Å². The molecule has 1 aliphatic heterocycles. The minimum absolute atomic E-state index is 0.135. The molecular formula is C15H22N2OS. The number of nitrogens with one attached hydrogen (secondary N) is 1. The first-order chi connectivity index (χ1) is 9.11. The van der Waals surface area contributed by atoms with E-state index >= 15 is 0 Å². The summed E-state index contributed by atoms with van der Waals surface area (Å²) < 4.78 is 0. The van der Waals surface area contributed by atoms with Crippen LogP contribution >= 0.6 is 11.8 Å². The van der Waals surface area contributed by atoms with Crippen molar-refractivity contribution < 1.29 is 4.79 Å². The molecule has 19 heavy (non-hydrogen) atoms. The van der Waals surface area contributed by atoms with Crippen molar-refractivity contribution in [1.82, 2.24) is 10.2 Å². The largest absolute Gasteiger partial charge is 0.341 e. The van der Waals surface area contributed by atoms with Gasteiger partial charge in [-0.3, -0.25) is 4.79 Å². The van der Waals surface area contributed by atoms with E-state index in [1.165, 1.54) is 10.5 Å². The summed E-state index contributed by atoms with van der Waals surface area (Å²) in [7, 11) is 1.90. The Kier molecular flexibility index (Phi) is 4.88. The first-order valence-electron chi connectivity index (χ1n) is 6.73. The maximum absolute atomic E-state index is 12.4. The van der Waals surface area contributed by atoms with Crippen LogP contribution in [0.15, 0.2) is 29.2 Å². The van der Waals surface area contributed by atoms with Crippen molar-refractivity contribution in [3.05, 3.63) is 29.8 Å². The number of rotatable bonds is 4. The molecule has 3 nitrogen and oxygen atoms in total. The van der Waals surface area contributed by atoms with Gasteiger partial charge in [0.2, 0.25) is 5.91 Å². The summed E-state index contributed by atoms with van der Waals surface area (Å²) in [5.41, 5.74) is 1.19. The maximum Gasteiger partial charge on any atom is 0.227 e. The van der Waals surface area contributed by atoms with Crippen molar-refractivity contribution >= 4 is 17.7 Å². The monoisotopic (exact) mass is 278 g/mol. The number of nitrogens with zero attached hydrogens (tertiary/aromatic N) is 1. The van der Waals surface area contributed by atoms with E-state index in [9.17, 15) is 4.79 Å². The van der Waals surface area contributed by atoms with Gasteiger partial charge in [-0.25, -0.2) is 0 Å². The molecule has 0 aliphatic carbocycles. The van der Waals surface area contributed by atoms with E-state index in [1.54, 1.807) is 11.8 Å². The van der Waals surface area contributed by atoms with Crippen LogP contribution in [0.25, 0.3) is 0 Å². The van der Waals surface area contributed by atoms with E-state index in [1.807, 2.05) is 11.9 Å². The number of thioether (sulfide) groups is 1. The van der Waals surface area contributed by atoms with Gasteiger partial charge in [0.05, 0.1) is 5.92 Å². The van der Waals surface area contributed by atoms with Crippen LogP contribution in [0, 0.1) is 5.92 Å². The Morgan fingerprint density at radius 3 is 2.63 bits per heavy atom. The molecule has 1 amide bonds. The van der Waals surface area contributed by atoms with Crippen molar-refractivity contribution in [2.45, 2.75) is 30.8 Å². The Labute approximate surface area is 119 Å². The van der Waals surface area contributed by atoms with Gasteiger partial charge >= 0.3 is 0 Å². The van der Waals surface area contributed by atoms with Crippen molar-refractivity contribution in [3.8, 4) is 0 Å². The predicted octanol–water partition coefficient (Wildman–Crippen LogP) is 2.36. The molecule has 4 heteroatoms. The third kappa shape index (κ3) is 3.51. The average Bonchev–Trinajstić information content (AvgIpc) is 2.85. The lowest BCUT2D eigenvalue weighted by atomic mass is 10.0. The standard InChI is InChI=1S/C15H22N2OS/c1-11-14(8-9-16-11)15(18)17(2)10-12-4-6-13(19-3)7-5-12/h4-7,11,14,16H,8-10H2,1-3H3. The third-order valence-corrected chi connectivity index (χ3v) is 4.54. The molecule has 1 saturated heterocycles. The molecule has 1 aromatic rings.